The van der Waals surface area contributed by atoms with Crippen LogP contribution < -0.4 is 0 Å². The van der Waals surface area contributed by atoms with E-state index in [1.165, 1.54) is 11.1 Å². The van der Waals surface area contributed by atoms with Crippen LogP contribution in [0, 0.1) is 0 Å². The van der Waals surface area contributed by atoms with Crippen molar-refractivity contribution < 1.29 is 5.11 Å². The van der Waals surface area contributed by atoms with Gasteiger partial charge in [-0.15, -0.1) is 5.10 Å². The first kappa shape index (κ1) is 16.9. The van der Waals surface area contributed by atoms with E-state index in [0.29, 0.717) is 6.54 Å². The third-order valence-electron chi connectivity index (χ3n) is 5.09. The molecule has 6 nitrogen and oxygen atoms in total. The zero-order valence-corrected chi connectivity index (χ0v) is 14.6. The van der Waals surface area contributed by atoms with Crippen LogP contribution in [0.4, 0.5) is 0 Å². The van der Waals surface area contributed by atoms with Crippen molar-refractivity contribution in [2.45, 2.75) is 38.0 Å². The average molecular weight is 349 g/mol. The molecule has 26 heavy (non-hydrogen) atoms. The third-order valence-corrected chi connectivity index (χ3v) is 5.09. The Hall–Kier alpha value is -2.57. The zero-order chi connectivity index (χ0) is 17.8. The van der Waals surface area contributed by atoms with Gasteiger partial charge in [-0.1, -0.05) is 60.7 Å². The molecule has 0 aliphatic carbocycles. The lowest BCUT2D eigenvalue weighted by molar-refractivity contribution is 0.117. The second kappa shape index (κ2) is 7.76. The Balaban J connectivity index is 1.59. The highest BCUT2D eigenvalue weighted by Gasteiger charge is 2.37. The summed E-state index contributed by atoms with van der Waals surface area (Å²) in [6, 6.07) is 20.8. The zero-order valence-electron chi connectivity index (χ0n) is 14.6. The van der Waals surface area contributed by atoms with Gasteiger partial charge < -0.3 is 5.11 Å². The molecule has 0 unspecified atom stereocenters. The van der Waals surface area contributed by atoms with Gasteiger partial charge in [0, 0.05) is 12.6 Å². The summed E-state index contributed by atoms with van der Waals surface area (Å²) in [5.41, 5.74) is 2.41. The molecule has 4 rings (SSSR count). The molecule has 1 saturated heterocycles. The van der Waals surface area contributed by atoms with E-state index < -0.39 is 0 Å². The first-order chi connectivity index (χ1) is 12.8. The number of aliphatic hydroxyl groups is 1. The number of hydrogen-bond acceptors (Lipinski definition) is 5. The fourth-order valence-corrected chi connectivity index (χ4v) is 3.76. The fourth-order valence-electron chi connectivity index (χ4n) is 3.76. The van der Waals surface area contributed by atoms with Gasteiger partial charge in [-0.05, 0) is 34.4 Å². The van der Waals surface area contributed by atoms with Gasteiger partial charge >= 0.3 is 0 Å². The lowest BCUT2D eigenvalue weighted by Gasteiger charge is -2.28. The molecule has 0 spiro atoms. The summed E-state index contributed by atoms with van der Waals surface area (Å²) >= 11 is 0. The quantitative estimate of drug-likeness (QED) is 0.740. The Morgan fingerprint density at radius 1 is 0.885 bits per heavy atom. The van der Waals surface area contributed by atoms with Crippen molar-refractivity contribution >= 4 is 0 Å². The molecule has 1 fully saturated rings. The molecule has 0 bridgehead atoms. The molecular weight excluding hydrogens is 326 g/mol. The lowest BCUT2D eigenvalue weighted by atomic mass is 10.1. The van der Waals surface area contributed by atoms with E-state index in [4.69, 9.17) is 0 Å². The summed E-state index contributed by atoms with van der Waals surface area (Å²) in [5, 5.41) is 22.3. The van der Waals surface area contributed by atoms with Crippen LogP contribution in [0.15, 0.2) is 60.7 Å². The van der Waals surface area contributed by atoms with Crippen molar-refractivity contribution in [3.05, 3.63) is 77.6 Å². The van der Waals surface area contributed by atoms with E-state index in [0.717, 1.165) is 25.2 Å². The van der Waals surface area contributed by atoms with Gasteiger partial charge in [-0.2, -0.15) is 0 Å². The van der Waals surface area contributed by atoms with Crippen molar-refractivity contribution in [3.63, 3.8) is 0 Å². The van der Waals surface area contributed by atoms with Crippen LogP contribution in [0.5, 0.6) is 0 Å². The number of nitrogens with zero attached hydrogens (tertiary/aromatic N) is 5. The van der Waals surface area contributed by atoms with E-state index in [1.54, 1.807) is 0 Å². The molecule has 1 aliphatic heterocycles. The predicted octanol–water partition coefficient (Wildman–Crippen LogP) is 2.42. The molecular formula is C20H23N5O. The molecule has 1 N–H and O–H groups in total. The van der Waals surface area contributed by atoms with Crippen molar-refractivity contribution in [1.82, 2.24) is 25.1 Å². The van der Waals surface area contributed by atoms with Gasteiger partial charge in [0.05, 0.1) is 19.2 Å². The highest BCUT2D eigenvalue weighted by atomic mass is 16.3. The topological polar surface area (TPSA) is 67.1 Å². The molecule has 0 radical (unpaired) electrons. The molecule has 1 aromatic heterocycles. The molecule has 134 valence electrons. The molecule has 3 aromatic rings. The first-order valence-corrected chi connectivity index (χ1v) is 9.05. The van der Waals surface area contributed by atoms with Crippen LogP contribution in [0.1, 0.15) is 35.8 Å². The predicted molar refractivity (Wildman–Crippen MR) is 98.2 cm³/mol. The molecule has 0 amide bonds. The van der Waals surface area contributed by atoms with Gasteiger partial charge in [0.15, 0.2) is 5.82 Å². The largest absolute Gasteiger partial charge is 0.395 e. The summed E-state index contributed by atoms with van der Waals surface area (Å²) < 4.78 is 1.89. The van der Waals surface area contributed by atoms with Crippen molar-refractivity contribution in [2.24, 2.45) is 0 Å². The number of aromatic nitrogens is 4. The van der Waals surface area contributed by atoms with E-state index >= 15 is 0 Å². The minimum atomic E-state index is 0.117. The summed E-state index contributed by atoms with van der Waals surface area (Å²) in [7, 11) is 0. The van der Waals surface area contributed by atoms with Crippen LogP contribution in [0.3, 0.4) is 0 Å². The molecule has 2 atom stereocenters. The van der Waals surface area contributed by atoms with Gasteiger partial charge in [-0.25, -0.2) is 4.68 Å². The molecule has 0 saturated carbocycles. The molecule has 2 heterocycles. The van der Waals surface area contributed by atoms with Crippen LogP contribution in [-0.2, 0) is 13.1 Å². The smallest absolute Gasteiger partial charge is 0.168 e. The first-order valence-electron chi connectivity index (χ1n) is 9.05. The normalized spacial score (nSPS) is 20.5. The lowest BCUT2D eigenvalue weighted by Crippen LogP contribution is -2.34. The number of benzene rings is 2. The number of tetrazole rings is 1. The van der Waals surface area contributed by atoms with Crippen molar-refractivity contribution in [1.29, 1.82) is 0 Å². The Morgan fingerprint density at radius 3 is 2.19 bits per heavy atom. The maximum absolute atomic E-state index is 9.83. The highest BCUT2D eigenvalue weighted by molar-refractivity contribution is 5.17. The second-order valence-corrected chi connectivity index (χ2v) is 6.77. The molecule has 6 heteroatoms. The third kappa shape index (κ3) is 3.52. The summed E-state index contributed by atoms with van der Waals surface area (Å²) in [6.45, 7) is 1.60. The summed E-state index contributed by atoms with van der Waals surface area (Å²) in [4.78, 5) is 2.34. The van der Waals surface area contributed by atoms with Crippen LogP contribution >= 0.6 is 0 Å². The SMILES string of the molecule is OC[C@@H]1CC[C@H](c2nnnn2Cc2ccccc2)N1Cc1ccccc1. The van der Waals surface area contributed by atoms with Crippen molar-refractivity contribution in [2.75, 3.05) is 6.61 Å². The van der Waals surface area contributed by atoms with E-state index in [2.05, 4.69) is 44.7 Å². The van der Waals surface area contributed by atoms with E-state index in [9.17, 15) is 5.11 Å². The van der Waals surface area contributed by atoms with Gasteiger partial charge in [0.1, 0.15) is 0 Å². The standard InChI is InChI=1S/C20H23N5O/c26-15-18-11-12-19(24(18)13-16-7-3-1-4-8-16)20-21-22-23-25(20)14-17-9-5-2-6-10-17/h1-10,18-19,26H,11-15H2/t18-,19+/m0/s1. The Bertz CT molecular complexity index is 820. The summed E-state index contributed by atoms with van der Waals surface area (Å²) in [5.74, 6) is 0.876. The van der Waals surface area contributed by atoms with Crippen LogP contribution in [0.25, 0.3) is 0 Å². The molecule has 1 aliphatic rings. The Morgan fingerprint density at radius 2 is 1.54 bits per heavy atom. The van der Waals surface area contributed by atoms with Crippen LogP contribution in [0.2, 0.25) is 0 Å². The molecule has 2 aromatic carbocycles. The second-order valence-electron chi connectivity index (χ2n) is 6.77. The van der Waals surface area contributed by atoms with Gasteiger partial charge in [0.25, 0.3) is 0 Å². The van der Waals surface area contributed by atoms with Crippen LogP contribution in [-0.4, -0.2) is 42.9 Å². The number of hydrogen-bond donors (Lipinski definition) is 1. The Kier molecular flexibility index (Phi) is 5.04. The van der Waals surface area contributed by atoms with Gasteiger partial charge in [-0.3, -0.25) is 4.90 Å². The minimum absolute atomic E-state index is 0.117. The maximum Gasteiger partial charge on any atom is 0.168 e. The minimum Gasteiger partial charge on any atom is -0.395 e. The number of rotatable bonds is 6. The van der Waals surface area contributed by atoms with E-state index in [-0.39, 0.29) is 18.7 Å². The number of aliphatic hydroxyl groups excluding tert-OH is 1. The van der Waals surface area contributed by atoms with Crippen molar-refractivity contribution in [3.8, 4) is 0 Å². The average Bonchev–Trinajstić information content (AvgIpc) is 3.30. The highest BCUT2D eigenvalue weighted by Crippen LogP contribution is 2.36. The van der Waals surface area contributed by atoms with Gasteiger partial charge in [0.2, 0.25) is 0 Å². The van der Waals surface area contributed by atoms with E-state index in [1.807, 2.05) is 41.1 Å². The monoisotopic (exact) mass is 349 g/mol. The summed E-state index contributed by atoms with van der Waals surface area (Å²) in [6.07, 6.45) is 1.90. The maximum atomic E-state index is 9.83. The number of likely N-dealkylation sites (tertiary alicyclic amines) is 1. The fraction of sp³-hybridized carbons (Fsp3) is 0.350. The Labute approximate surface area is 153 Å².